The average Bonchev–Trinajstić information content (AvgIpc) is 3.27. The van der Waals surface area contributed by atoms with Crippen LogP contribution in [0.25, 0.3) is 11.1 Å². The van der Waals surface area contributed by atoms with Gasteiger partial charge in [-0.1, -0.05) is 56.3 Å². The highest BCUT2D eigenvalue weighted by Crippen LogP contribution is 2.40. The number of unbranched alkanes of at least 4 members (excludes halogenated alkanes) is 4. The molecule has 64 heavy (non-hydrogen) atoms. The van der Waals surface area contributed by atoms with Gasteiger partial charge >= 0.3 is 0 Å². The highest BCUT2D eigenvalue weighted by molar-refractivity contribution is 6.32. The van der Waals surface area contributed by atoms with Gasteiger partial charge < -0.3 is 57.6 Å². The average molecular weight is 908 g/mol. The van der Waals surface area contributed by atoms with Crippen molar-refractivity contribution in [2.24, 2.45) is 17.2 Å². The standard InChI is InChI=1S/C45H59ClFN9O8/c1-4-5-6-7-8-19-64-40-33(46)25-30(26-34(40)47)42(58)54-35(13-14-48)45(61)56(3)39-29-10-12-38(63-21-17-51)32(24-29)31-22-28(9-11-37(31)62-20-16-50)23-36(43(59)52-18-15-49)55-41(57)27(2)53-44(39)60/h9-12,22,24-27,35-36,39H,4-8,13-14,16-21,23,48,50-51H2,1-3H3,(H,52,59)(H,53,60)(H,54,58)(H,55,57)/t27-,35-,36-,39-/m0/s1. The number of nitrogens with one attached hydrogen (secondary N) is 4. The maximum Gasteiger partial charge on any atom is 0.252 e. The predicted octanol–water partition coefficient (Wildman–Crippen LogP) is 3.00. The lowest BCUT2D eigenvalue weighted by Crippen LogP contribution is -2.56. The monoisotopic (exact) mass is 907 g/mol. The number of nitrogens with zero attached hydrogens (tertiary/aromatic N) is 2. The maximum absolute atomic E-state index is 15.3. The van der Waals surface area contributed by atoms with Gasteiger partial charge in [0.05, 0.1) is 17.7 Å². The molecule has 4 bridgehead atoms. The van der Waals surface area contributed by atoms with Gasteiger partial charge in [0.1, 0.15) is 55.4 Å². The zero-order chi connectivity index (χ0) is 46.8. The fourth-order valence-corrected chi connectivity index (χ4v) is 7.34. The Bertz CT molecular complexity index is 2130. The fourth-order valence-electron chi connectivity index (χ4n) is 7.08. The number of fused-ring (bicyclic) bond motifs is 5. The van der Waals surface area contributed by atoms with E-state index < -0.39 is 59.5 Å². The van der Waals surface area contributed by atoms with Gasteiger partial charge in [-0.25, -0.2) is 4.39 Å². The molecule has 17 nitrogen and oxygen atoms in total. The summed E-state index contributed by atoms with van der Waals surface area (Å²) in [5, 5.41) is 19.5. The summed E-state index contributed by atoms with van der Waals surface area (Å²) >= 11 is 6.38. The van der Waals surface area contributed by atoms with Crippen molar-refractivity contribution >= 4 is 41.1 Å². The summed E-state index contributed by atoms with van der Waals surface area (Å²) in [6.07, 6.45) is 4.70. The van der Waals surface area contributed by atoms with Gasteiger partial charge in [0.2, 0.25) is 23.6 Å². The van der Waals surface area contributed by atoms with Crippen LogP contribution in [0.2, 0.25) is 5.02 Å². The van der Waals surface area contributed by atoms with Crippen LogP contribution in [-0.2, 0) is 25.6 Å². The van der Waals surface area contributed by atoms with Crippen LogP contribution in [0.15, 0.2) is 48.5 Å². The summed E-state index contributed by atoms with van der Waals surface area (Å²) in [6, 6.07) is 8.81. The number of amides is 5. The van der Waals surface area contributed by atoms with Gasteiger partial charge in [0, 0.05) is 43.2 Å². The van der Waals surface area contributed by atoms with Crippen LogP contribution in [0, 0.1) is 17.1 Å². The van der Waals surface area contributed by atoms with Crippen molar-refractivity contribution in [1.29, 1.82) is 5.26 Å². The minimum Gasteiger partial charge on any atom is -0.492 e. The lowest BCUT2D eigenvalue weighted by Gasteiger charge is -2.32. The van der Waals surface area contributed by atoms with Gasteiger partial charge in [-0.2, -0.15) is 5.26 Å². The molecule has 0 spiro atoms. The number of hydrogen-bond donors (Lipinski definition) is 7. The molecule has 1 heterocycles. The number of carbonyl (C=O) groups is 5. The van der Waals surface area contributed by atoms with E-state index in [1.165, 1.54) is 20.0 Å². The Morgan fingerprint density at radius 1 is 0.906 bits per heavy atom. The number of nitrogens with two attached hydrogens (primary N) is 3. The number of rotatable bonds is 21. The number of likely N-dealkylation sites (N-methyl/N-ethyl adjacent to an activating group) is 1. The van der Waals surface area contributed by atoms with E-state index in [-0.39, 0.29) is 80.7 Å². The molecule has 0 saturated carbocycles. The van der Waals surface area contributed by atoms with Gasteiger partial charge in [-0.15, -0.1) is 0 Å². The molecule has 0 fully saturated rings. The van der Waals surface area contributed by atoms with E-state index >= 15 is 4.39 Å². The van der Waals surface area contributed by atoms with Crippen molar-refractivity contribution in [3.63, 3.8) is 0 Å². The molecule has 3 aromatic carbocycles. The van der Waals surface area contributed by atoms with E-state index in [1.54, 1.807) is 36.4 Å². The van der Waals surface area contributed by atoms with E-state index in [9.17, 15) is 24.0 Å². The van der Waals surface area contributed by atoms with Crippen LogP contribution in [0.5, 0.6) is 17.2 Å². The second-order valence-electron chi connectivity index (χ2n) is 15.2. The second kappa shape index (κ2) is 25.3. The molecule has 3 aromatic rings. The van der Waals surface area contributed by atoms with E-state index in [0.29, 0.717) is 34.6 Å². The van der Waals surface area contributed by atoms with Crippen LogP contribution in [0.3, 0.4) is 0 Å². The third-order valence-corrected chi connectivity index (χ3v) is 10.6. The largest absolute Gasteiger partial charge is 0.492 e. The van der Waals surface area contributed by atoms with Crippen molar-refractivity contribution in [2.45, 2.75) is 83.0 Å². The minimum absolute atomic E-state index is 0.0173. The Kier molecular flexibility index (Phi) is 20.0. The maximum atomic E-state index is 15.3. The van der Waals surface area contributed by atoms with E-state index in [4.69, 9.17) is 48.3 Å². The molecule has 1 aliphatic heterocycles. The van der Waals surface area contributed by atoms with Crippen LogP contribution < -0.4 is 52.7 Å². The summed E-state index contributed by atoms with van der Waals surface area (Å²) < 4.78 is 33.0. The Hall–Kier alpha value is -6.00. The van der Waals surface area contributed by atoms with Crippen molar-refractivity contribution < 1.29 is 42.6 Å². The van der Waals surface area contributed by atoms with Gasteiger partial charge in [0.15, 0.2) is 11.6 Å². The summed E-state index contributed by atoms with van der Waals surface area (Å²) in [6.45, 7) is 3.96. The van der Waals surface area contributed by atoms with Crippen LogP contribution in [0.4, 0.5) is 4.39 Å². The third-order valence-electron chi connectivity index (χ3n) is 10.4. The summed E-state index contributed by atoms with van der Waals surface area (Å²) in [5.74, 6) is -4.09. The quantitative estimate of drug-likeness (QED) is 0.0601. The van der Waals surface area contributed by atoms with E-state index in [0.717, 1.165) is 36.6 Å². The first-order valence-electron chi connectivity index (χ1n) is 21.4. The van der Waals surface area contributed by atoms with Crippen LogP contribution in [0.1, 0.15) is 79.9 Å². The Labute approximate surface area is 377 Å². The number of benzene rings is 3. The summed E-state index contributed by atoms with van der Waals surface area (Å²) in [7, 11) is 1.35. The van der Waals surface area contributed by atoms with E-state index in [2.05, 4.69) is 28.2 Å². The number of carbonyl (C=O) groups excluding carboxylic acids is 5. The predicted molar refractivity (Wildman–Crippen MR) is 239 cm³/mol. The van der Waals surface area contributed by atoms with E-state index in [1.807, 2.05) is 6.07 Å². The first-order chi connectivity index (χ1) is 30.8. The molecule has 1 aliphatic rings. The fraction of sp³-hybridized carbons (Fsp3) is 0.467. The first-order valence-corrected chi connectivity index (χ1v) is 21.7. The molecule has 0 saturated heterocycles. The lowest BCUT2D eigenvalue weighted by molar-refractivity contribution is -0.141. The zero-order valence-electron chi connectivity index (χ0n) is 36.5. The molecular weight excluding hydrogens is 849 g/mol. The lowest BCUT2D eigenvalue weighted by atomic mass is 9.93. The number of halogens is 2. The molecule has 4 rings (SSSR count). The molecule has 10 N–H and O–H groups in total. The molecule has 0 aromatic heterocycles. The van der Waals surface area contributed by atoms with Crippen LogP contribution in [-0.4, -0.2) is 106 Å². The Morgan fingerprint density at radius 3 is 2.22 bits per heavy atom. The van der Waals surface area contributed by atoms with Crippen LogP contribution >= 0.6 is 11.6 Å². The Balaban J connectivity index is 1.77. The Morgan fingerprint density at radius 2 is 1.58 bits per heavy atom. The van der Waals surface area contributed by atoms with Gasteiger partial charge in [-0.05, 0) is 73.8 Å². The first kappa shape index (κ1) is 50.6. The number of hydrogen-bond acceptors (Lipinski definition) is 12. The molecule has 5 amide bonds. The summed E-state index contributed by atoms with van der Waals surface area (Å²) in [4.78, 5) is 70.7. The van der Waals surface area contributed by atoms with Crippen molar-refractivity contribution in [3.8, 4) is 34.4 Å². The van der Waals surface area contributed by atoms with Crippen molar-refractivity contribution in [2.75, 3.05) is 53.0 Å². The van der Waals surface area contributed by atoms with Crippen molar-refractivity contribution in [3.05, 3.63) is 76.1 Å². The SMILES string of the molecule is CCCCCCCOc1c(F)cc(C(=O)N[C@@H](CCN)C(=O)N(C)[C@@H]2C(=O)N[C@@H](C)C(=O)N[C@H](C(=O)NCC#N)Cc3ccc(OCCN)c(c3)-c3cc2ccc3OCCN)cc1Cl. The minimum atomic E-state index is -1.46. The van der Waals surface area contributed by atoms with Gasteiger partial charge in [-0.3, -0.25) is 24.0 Å². The smallest absolute Gasteiger partial charge is 0.252 e. The second-order valence-corrected chi connectivity index (χ2v) is 15.6. The summed E-state index contributed by atoms with van der Waals surface area (Å²) in [5.41, 5.74) is 19.1. The number of nitriles is 1. The van der Waals surface area contributed by atoms with Crippen molar-refractivity contribution in [1.82, 2.24) is 26.2 Å². The number of ether oxygens (including phenoxy) is 3. The molecular formula is C45H59ClFN9O8. The zero-order valence-corrected chi connectivity index (χ0v) is 37.2. The topological polar surface area (TPSA) is 266 Å². The molecule has 346 valence electrons. The molecule has 19 heteroatoms. The molecule has 0 unspecified atom stereocenters. The highest BCUT2D eigenvalue weighted by atomic mass is 35.5. The highest BCUT2D eigenvalue weighted by Gasteiger charge is 2.36. The molecule has 0 radical (unpaired) electrons. The molecule has 0 aliphatic carbocycles. The normalized spacial score (nSPS) is 16.5. The molecule has 4 atom stereocenters. The van der Waals surface area contributed by atoms with Gasteiger partial charge in [0.25, 0.3) is 5.91 Å². The third kappa shape index (κ3) is 13.7.